The molecule has 3 nitrogen and oxygen atoms in total. The first kappa shape index (κ1) is 15.2. The predicted molar refractivity (Wildman–Crippen MR) is 75.0 cm³/mol. The van der Waals surface area contributed by atoms with Crippen LogP contribution in [0.2, 0.25) is 5.02 Å². The van der Waals surface area contributed by atoms with Gasteiger partial charge in [0.15, 0.2) is 6.10 Å². The minimum atomic E-state index is -0.618. The van der Waals surface area contributed by atoms with Crippen LogP contribution in [-0.4, -0.2) is 18.7 Å². The standard InChI is InChI=1S/C13H14BrClO3/c1-3-4-7-17-9(2)13(16)18-12-6-5-10(15)8-11(12)14/h3,5-6,8-9H,1,4,7H2,2H3. The molecule has 1 unspecified atom stereocenters. The molecule has 0 bridgehead atoms. The molecule has 0 saturated carbocycles. The van der Waals surface area contributed by atoms with Crippen LogP contribution in [0.25, 0.3) is 0 Å². The van der Waals surface area contributed by atoms with E-state index >= 15 is 0 Å². The molecule has 1 aromatic rings. The summed E-state index contributed by atoms with van der Waals surface area (Å²) in [7, 11) is 0. The zero-order valence-corrected chi connectivity index (χ0v) is 12.3. The van der Waals surface area contributed by atoms with Gasteiger partial charge in [0, 0.05) is 5.02 Å². The summed E-state index contributed by atoms with van der Waals surface area (Å²) < 4.78 is 11.1. The molecular formula is C13H14BrClO3. The van der Waals surface area contributed by atoms with Crippen molar-refractivity contribution < 1.29 is 14.3 Å². The fourth-order valence-electron chi connectivity index (χ4n) is 1.15. The molecule has 18 heavy (non-hydrogen) atoms. The van der Waals surface area contributed by atoms with Crippen LogP contribution in [0.4, 0.5) is 0 Å². The van der Waals surface area contributed by atoms with Gasteiger partial charge in [0.1, 0.15) is 5.75 Å². The summed E-state index contributed by atoms with van der Waals surface area (Å²) in [5, 5.41) is 0.567. The highest BCUT2D eigenvalue weighted by Crippen LogP contribution is 2.28. The number of halogens is 2. The van der Waals surface area contributed by atoms with Gasteiger partial charge < -0.3 is 9.47 Å². The van der Waals surface area contributed by atoms with Gasteiger partial charge in [-0.25, -0.2) is 4.79 Å². The van der Waals surface area contributed by atoms with Gasteiger partial charge in [-0.15, -0.1) is 6.58 Å². The Morgan fingerprint density at radius 3 is 2.94 bits per heavy atom. The maximum absolute atomic E-state index is 11.7. The van der Waals surface area contributed by atoms with Crippen molar-refractivity contribution in [3.05, 3.63) is 40.3 Å². The first-order valence-corrected chi connectivity index (χ1v) is 6.61. The maximum Gasteiger partial charge on any atom is 0.340 e. The highest BCUT2D eigenvalue weighted by molar-refractivity contribution is 9.10. The molecule has 0 aliphatic carbocycles. The summed E-state index contributed by atoms with van der Waals surface area (Å²) in [6.45, 7) is 5.67. The summed E-state index contributed by atoms with van der Waals surface area (Å²) in [6, 6.07) is 4.94. The molecule has 0 radical (unpaired) electrons. The molecule has 0 aliphatic rings. The molecule has 0 amide bonds. The van der Waals surface area contributed by atoms with Crippen molar-refractivity contribution in [2.24, 2.45) is 0 Å². The van der Waals surface area contributed by atoms with E-state index in [4.69, 9.17) is 21.1 Å². The summed E-state index contributed by atoms with van der Waals surface area (Å²) in [5.41, 5.74) is 0. The molecule has 0 aliphatic heterocycles. The van der Waals surface area contributed by atoms with Gasteiger partial charge in [-0.05, 0) is 47.5 Å². The Kier molecular flexibility index (Phi) is 6.39. The maximum atomic E-state index is 11.7. The summed E-state index contributed by atoms with van der Waals surface area (Å²) in [4.78, 5) is 11.7. The molecule has 0 aromatic heterocycles. The van der Waals surface area contributed by atoms with E-state index < -0.39 is 12.1 Å². The molecule has 1 rings (SSSR count). The Morgan fingerprint density at radius 2 is 2.33 bits per heavy atom. The number of hydrogen-bond donors (Lipinski definition) is 0. The van der Waals surface area contributed by atoms with Crippen molar-refractivity contribution in [3.63, 3.8) is 0 Å². The lowest BCUT2D eigenvalue weighted by Gasteiger charge is -2.12. The average molecular weight is 334 g/mol. The Balaban J connectivity index is 2.55. The molecule has 0 N–H and O–H groups in total. The van der Waals surface area contributed by atoms with Crippen LogP contribution in [-0.2, 0) is 9.53 Å². The van der Waals surface area contributed by atoms with Crippen LogP contribution >= 0.6 is 27.5 Å². The van der Waals surface area contributed by atoms with Gasteiger partial charge in [-0.3, -0.25) is 0 Å². The van der Waals surface area contributed by atoms with E-state index in [1.54, 1.807) is 31.2 Å². The van der Waals surface area contributed by atoms with Gasteiger partial charge in [0.05, 0.1) is 11.1 Å². The number of hydrogen-bond acceptors (Lipinski definition) is 3. The second-order valence-electron chi connectivity index (χ2n) is 3.59. The molecule has 0 spiro atoms. The number of benzene rings is 1. The highest BCUT2D eigenvalue weighted by atomic mass is 79.9. The van der Waals surface area contributed by atoms with Gasteiger partial charge in [0.2, 0.25) is 0 Å². The van der Waals surface area contributed by atoms with E-state index in [2.05, 4.69) is 22.5 Å². The van der Waals surface area contributed by atoms with Crippen LogP contribution in [0.5, 0.6) is 5.75 Å². The quantitative estimate of drug-likeness (QED) is 0.342. The summed E-state index contributed by atoms with van der Waals surface area (Å²) in [6.07, 6.45) is 1.81. The van der Waals surface area contributed by atoms with Crippen molar-refractivity contribution in [2.45, 2.75) is 19.4 Å². The van der Waals surface area contributed by atoms with Crippen LogP contribution < -0.4 is 4.74 Å². The van der Waals surface area contributed by atoms with Crippen LogP contribution in [0, 0.1) is 0 Å². The monoisotopic (exact) mass is 332 g/mol. The minimum Gasteiger partial charge on any atom is -0.423 e. The zero-order chi connectivity index (χ0) is 13.5. The molecule has 1 aromatic carbocycles. The fraction of sp³-hybridized carbons (Fsp3) is 0.308. The smallest absolute Gasteiger partial charge is 0.340 e. The van der Waals surface area contributed by atoms with Crippen molar-refractivity contribution in [1.82, 2.24) is 0 Å². The second kappa shape index (κ2) is 7.56. The van der Waals surface area contributed by atoms with Gasteiger partial charge >= 0.3 is 5.97 Å². The lowest BCUT2D eigenvalue weighted by molar-refractivity contribution is -0.146. The molecule has 0 saturated heterocycles. The average Bonchev–Trinajstić information content (AvgIpc) is 2.32. The molecular weight excluding hydrogens is 319 g/mol. The van der Waals surface area contributed by atoms with E-state index in [0.717, 1.165) is 0 Å². The van der Waals surface area contributed by atoms with E-state index in [1.807, 2.05) is 0 Å². The lowest BCUT2D eigenvalue weighted by Crippen LogP contribution is -2.26. The number of rotatable bonds is 6. The third-order valence-corrected chi connectivity index (χ3v) is 2.98. The Bertz CT molecular complexity index is 434. The van der Waals surface area contributed by atoms with E-state index in [9.17, 15) is 4.79 Å². The second-order valence-corrected chi connectivity index (χ2v) is 4.88. The van der Waals surface area contributed by atoms with Gasteiger partial charge in [-0.1, -0.05) is 17.7 Å². The Morgan fingerprint density at radius 1 is 1.61 bits per heavy atom. The third-order valence-electron chi connectivity index (χ3n) is 2.13. The highest BCUT2D eigenvalue weighted by Gasteiger charge is 2.16. The van der Waals surface area contributed by atoms with Crippen LogP contribution in [0.15, 0.2) is 35.3 Å². The topological polar surface area (TPSA) is 35.5 Å². The van der Waals surface area contributed by atoms with Gasteiger partial charge in [0.25, 0.3) is 0 Å². The number of carbonyl (C=O) groups is 1. The first-order chi connectivity index (χ1) is 8.54. The van der Waals surface area contributed by atoms with E-state index in [-0.39, 0.29) is 0 Å². The number of ether oxygens (including phenoxy) is 2. The van der Waals surface area contributed by atoms with Crippen LogP contribution in [0.3, 0.4) is 0 Å². The normalized spacial score (nSPS) is 11.9. The van der Waals surface area contributed by atoms with Crippen molar-refractivity contribution >= 4 is 33.5 Å². The molecule has 1 atom stereocenters. The van der Waals surface area contributed by atoms with E-state index in [1.165, 1.54) is 0 Å². The Labute approximate surface area is 120 Å². The van der Waals surface area contributed by atoms with Crippen molar-refractivity contribution in [2.75, 3.05) is 6.61 Å². The van der Waals surface area contributed by atoms with Crippen molar-refractivity contribution in [3.8, 4) is 5.75 Å². The minimum absolute atomic E-state index is 0.420. The summed E-state index contributed by atoms with van der Waals surface area (Å²) >= 11 is 9.07. The van der Waals surface area contributed by atoms with Crippen molar-refractivity contribution in [1.29, 1.82) is 0 Å². The molecule has 5 heteroatoms. The number of esters is 1. The Hall–Kier alpha value is -0.840. The molecule has 0 fully saturated rings. The third kappa shape index (κ3) is 4.80. The summed E-state index contributed by atoms with van der Waals surface area (Å²) in [5.74, 6) is -0.0225. The number of carbonyl (C=O) groups excluding carboxylic acids is 1. The molecule has 0 heterocycles. The lowest BCUT2D eigenvalue weighted by atomic mass is 10.3. The SMILES string of the molecule is C=CCCOC(C)C(=O)Oc1ccc(Cl)cc1Br. The van der Waals surface area contributed by atoms with Gasteiger partial charge in [-0.2, -0.15) is 0 Å². The zero-order valence-electron chi connectivity index (χ0n) is 9.99. The predicted octanol–water partition coefficient (Wildman–Crippen LogP) is 3.99. The first-order valence-electron chi connectivity index (χ1n) is 5.44. The molecule has 98 valence electrons. The fourth-order valence-corrected chi connectivity index (χ4v) is 1.91. The van der Waals surface area contributed by atoms with E-state index in [0.29, 0.717) is 28.3 Å². The largest absolute Gasteiger partial charge is 0.423 e. The van der Waals surface area contributed by atoms with Crippen LogP contribution in [0.1, 0.15) is 13.3 Å².